The number of carboxylic acids is 1. The smallest absolute Gasteiger partial charge is 0.326 e. The molecule has 0 aromatic carbocycles. The first-order valence-electron chi connectivity index (χ1n) is 10.2. The summed E-state index contributed by atoms with van der Waals surface area (Å²) < 4.78 is 0. The predicted molar refractivity (Wildman–Crippen MR) is 119 cm³/mol. The van der Waals surface area contributed by atoms with E-state index in [-0.39, 0.29) is 25.2 Å². The van der Waals surface area contributed by atoms with Crippen molar-refractivity contribution in [1.29, 1.82) is 0 Å². The Labute approximate surface area is 191 Å². The van der Waals surface area contributed by atoms with Gasteiger partial charge in [0.25, 0.3) is 0 Å². The Morgan fingerprint density at radius 1 is 0.906 bits per heavy atom. The number of hydrogen-bond acceptors (Lipinski definition) is 8. The molecule has 0 aromatic rings. The van der Waals surface area contributed by atoms with Crippen molar-refractivity contribution in [2.45, 2.75) is 63.7 Å². The Morgan fingerprint density at radius 2 is 1.44 bits per heavy atom. The molecular weight excluding hydrogens is 442 g/mol. The SMILES string of the molecule is CSCCC(NC(=O)C(CCC(N)=O)NC(=O)C(CO)NC(=O)C(N)CC(C)C)C(=O)O. The molecule has 12 nitrogen and oxygen atoms in total. The van der Waals surface area contributed by atoms with Crippen molar-refractivity contribution in [2.24, 2.45) is 17.4 Å². The minimum Gasteiger partial charge on any atom is -0.480 e. The standard InChI is InChI=1S/C19H35N5O7S/c1-10(2)8-11(20)16(27)24-14(9-25)18(29)22-12(4-5-15(21)26)17(28)23-13(19(30)31)6-7-32-3/h10-14,25H,4-9,20H2,1-3H3,(H2,21,26)(H,22,29)(H,23,28)(H,24,27)(H,30,31). The van der Waals surface area contributed by atoms with Crippen molar-refractivity contribution < 1.29 is 34.2 Å². The van der Waals surface area contributed by atoms with Crippen LogP contribution in [0.1, 0.15) is 39.5 Å². The number of nitrogens with two attached hydrogens (primary N) is 2. The van der Waals surface area contributed by atoms with Crippen LogP contribution in [-0.2, 0) is 24.0 Å². The molecule has 0 aliphatic rings. The Bertz CT molecular complexity index is 662. The van der Waals surface area contributed by atoms with Gasteiger partial charge >= 0.3 is 5.97 Å². The molecule has 0 aliphatic heterocycles. The number of aliphatic hydroxyl groups is 1. The van der Waals surface area contributed by atoms with Crippen LogP contribution < -0.4 is 27.4 Å². The lowest BCUT2D eigenvalue weighted by molar-refractivity contribution is -0.142. The van der Waals surface area contributed by atoms with E-state index in [0.29, 0.717) is 12.2 Å². The van der Waals surface area contributed by atoms with E-state index in [2.05, 4.69) is 16.0 Å². The van der Waals surface area contributed by atoms with Crippen molar-refractivity contribution in [2.75, 3.05) is 18.6 Å². The Morgan fingerprint density at radius 3 is 1.91 bits per heavy atom. The molecule has 4 unspecified atom stereocenters. The van der Waals surface area contributed by atoms with Crippen LogP contribution >= 0.6 is 11.8 Å². The number of primary amides is 1. The van der Waals surface area contributed by atoms with Gasteiger partial charge in [-0.3, -0.25) is 19.2 Å². The van der Waals surface area contributed by atoms with E-state index in [9.17, 15) is 34.2 Å². The fraction of sp³-hybridized carbons (Fsp3) is 0.737. The van der Waals surface area contributed by atoms with Crippen LogP contribution in [0.4, 0.5) is 0 Å². The molecule has 13 heteroatoms. The highest BCUT2D eigenvalue weighted by molar-refractivity contribution is 7.98. The summed E-state index contributed by atoms with van der Waals surface area (Å²) in [5, 5.41) is 25.8. The zero-order chi connectivity index (χ0) is 24.8. The van der Waals surface area contributed by atoms with Gasteiger partial charge in [0.2, 0.25) is 23.6 Å². The van der Waals surface area contributed by atoms with E-state index < -0.39 is 60.4 Å². The van der Waals surface area contributed by atoms with Crippen molar-refractivity contribution in [3.05, 3.63) is 0 Å². The third kappa shape index (κ3) is 11.9. The molecule has 184 valence electrons. The minimum atomic E-state index is -1.39. The number of carboxylic acid groups (broad SMARTS) is 1. The molecule has 0 heterocycles. The van der Waals surface area contributed by atoms with Gasteiger partial charge in [-0.15, -0.1) is 0 Å². The van der Waals surface area contributed by atoms with Crippen molar-refractivity contribution in [3.63, 3.8) is 0 Å². The fourth-order valence-corrected chi connectivity index (χ4v) is 3.15. The van der Waals surface area contributed by atoms with Gasteiger partial charge in [0.15, 0.2) is 0 Å². The van der Waals surface area contributed by atoms with E-state index in [4.69, 9.17) is 11.5 Å². The average molecular weight is 478 g/mol. The van der Waals surface area contributed by atoms with E-state index in [1.807, 2.05) is 13.8 Å². The number of rotatable bonds is 16. The zero-order valence-corrected chi connectivity index (χ0v) is 19.4. The molecule has 0 radical (unpaired) electrons. The summed E-state index contributed by atoms with van der Waals surface area (Å²) in [5.41, 5.74) is 10.9. The monoisotopic (exact) mass is 477 g/mol. The maximum atomic E-state index is 12.6. The maximum absolute atomic E-state index is 12.6. The lowest BCUT2D eigenvalue weighted by Crippen LogP contribution is -2.58. The molecule has 0 bridgehead atoms. The molecule has 0 aliphatic carbocycles. The molecular formula is C19H35N5O7S. The third-order valence-corrected chi connectivity index (χ3v) is 5.06. The molecule has 4 amide bonds. The first-order chi connectivity index (χ1) is 14.9. The van der Waals surface area contributed by atoms with Gasteiger partial charge in [0.05, 0.1) is 12.6 Å². The number of amides is 4. The number of nitrogens with one attached hydrogen (secondary N) is 3. The van der Waals surface area contributed by atoms with Crippen LogP contribution in [0.3, 0.4) is 0 Å². The summed E-state index contributed by atoms with van der Waals surface area (Å²) in [6, 6.07) is -4.78. The van der Waals surface area contributed by atoms with Crippen molar-refractivity contribution in [1.82, 2.24) is 16.0 Å². The minimum absolute atomic E-state index is 0.132. The molecule has 4 atom stereocenters. The second kappa shape index (κ2) is 15.4. The number of carbonyl (C=O) groups is 5. The second-order valence-electron chi connectivity index (χ2n) is 7.73. The highest BCUT2D eigenvalue weighted by Crippen LogP contribution is 2.05. The quantitative estimate of drug-likeness (QED) is 0.129. The highest BCUT2D eigenvalue weighted by Gasteiger charge is 2.30. The Hall–Kier alpha value is -2.38. The number of thioether (sulfide) groups is 1. The van der Waals surface area contributed by atoms with Gasteiger partial charge in [0, 0.05) is 6.42 Å². The molecule has 0 saturated heterocycles. The zero-order valence-electron chi connectivity index (χ0n) is 18.6. The number of aliphatic carboxylic acids is 1. The lowest BCUT2D eigenvalue weighted by atomic mass is 10.0. The molecule has 9 N–H and O–H groups in total. The first-order valence-corrected chi connectivity index (χ1v) is 11.6. The number of aliphatic hydroxyl groups excluding tert-OH is 1. The predicted octanol–water partition coefficient (Wildman–Crippen LogP) is -2.09. The largest absolute Gasteiger partial charge is 0.480 e. The van der Waals surface area contributed by atoms with E-state index in [1.165, 1.54) is 11.8 Å². The van der Waals surface area contributed by atoms with E-state index in [0.717, 1.165) is 0 Å². The third-order valence-electron chi connectivity index (χ3n) is 4.42. The Kier molecular flexibility index (Phi) is 14.3. The normalized spacial score (nSPS) is 14.7. The fourth-order valence-electron chi connectivity index (χ4n) is 2.68. The second-order valence-corrected chi connectivity index (χ2v) is 8.71. The van der Waals surface area contributed by atoms with Crippen LogP contribution in [0, 0.1) is 5.92 Å². The van der Waals surface area contributed by atoms with Crippen molar-refractivity contribution in [3.8, 4) is 0 Å². The van der Waals surface area contributed by atoms with E-state index >= 15 is 0 Å². The van der Waals surface area contributed by atoms with Gasteiger partial charge in [0.1, 0.15) is 18.1 Å². The summed E-state index contributed by atoms with van der Waals surface area (Å²) in [5.74, 6) is -3.72. The summed E-state index contributed by atoms with van der Waals surface area (Å²) in [4.78, 5) is 59.9. The van der Waals surface area contributed by atoms with Gasteiger partial charge < -0.3 is 37.6 Å². The van der Waals surface area contributed by atoms with Crippen LogP contribution in [0.5, 0.6) is 0 Å². The van der Waals surface area contributed by atoms with Gasteiger partial charge in [-0.2, -0.15) is 11.8 Å². The summed E-state index contributed by atoms with van der Waals surface area (Å²) in [7, 11) is 0. The Balaban J connectivity index is 5.28. The molecule has 32 heavy (non-hydrogen) atoms. The van der Waals surface area contributed by atoms with Crippen LogP contribution in [0.15, 0.2) is 0 Å². The molecule has 0 saturated carbocycles. The maximum Gasteiger partial charge on any atom is 0.326 e. The summed E-state index contributed by atoms with van der Waals surface area (Å²) in [6.07, 6.45) is 1.85. The first kappa shape index (κ1) is 29.6. The van der Waals surface area contributed by atoms with Crippen LogP contribution in [0.25, 0.3) is 0 Å². The number of carbonyl (C=O) groups excluding carboxylic acids is 4. The van der Waals surface area contributed by atoms with E-state index in [1.54, 1.807) is 6.26 Å². The molecule has 0 spiro atoms. The lowest BCUT2D eigenvalue weighted by Gasteiger charge is -2.24. The number of hydrogen-bond donors (Lipinski definition) is 7. The summed E-state index contributed by atoms with van der Waals surface area (Å²) >= 11 is 1.40. The van der Waals surface area contributed by atoms with Crippen LogP contribution in [-0.4, -0.2) is 82.6 Å². The highest BCUT2D eigenvalue weighted by atomic mass is 32.2. The van der Waals surface area contributed by atoms with Crippen LogP contribution in [0.2, 0.25) is 0 Å². The van der Waals surface area contributed by atoms with Crippen molar-refractivity contribution >= 4 is 41.4 Å². The van der Waals surface area contributed by atoms with Gasteiger partial charge in [-0.25, -0.2) is 4.79 Å². The molecule has 0 aromatic heterocycles. The molecule has 0 fully saturated rings. The van der Waals surface area contributed by atoms with Gasteiger partial charge in [-0.05, 0) is 37.2 Å². The average Bonchev–Trinajstić information content (AvgIpc) is 2.70. The topological polar surface area (TPSA) is 214 Å². The molecule has 0 rings (SSSR count). The summed E-state index contributed by atoms with van der Waals surface area (Å²) in [6.45, 7) is 2.98. The van der Waals surface area contributed by atoms with Gasteiger partial charge in [-0.1, -0.05) is 13.8 Å².